The molecule has 0 radical (unpaired) electrons. The summed E-state index contributed by atoms with van der Waals surface area (Å²) in [5, 5.41) is 1.32. The molecular weight excluding hydrogens is 385 g/mol. The van der Waals surface area contributed by atoms with E-state index in [1.54, 1.807) is 6.20 Å². The van der Waals surface area contributed by atoms with E-state index in [9.17, 15) is 4.79 Å². The maximum atomic E-state index is 13.2. The number of pyridine rings is 1. The van der Waals surface area contributed by atoms with Crippen molar-refractivity contribution in [3.63, 3.8) is 0 Å². The number of rotatable bonds is 1. The Labute approximate surface area is 168 Å². The summed E-state index contributed by atoms with van der Waals surface area (Å²) in [4.78, 5) is 25.5. The third-order valence-electron chi connectivity index (χ3n) is 5.12. The Morgan fingerprint density at radius 1 is 1.00 bits per heavy atom. The highest BCUT2D eigenvalue weighted by atomic mass is 35.5. The van der Waals surface area contributed by atoms with Crippen LogP contribution in [-0.2, 0) is 0 Å². The topological polar surface area (TPSA) is 42.9 Å². The lowest BCUT2D eigenvalue weighted by Crippen LogP contribution is -2.55. The van der Waals surface area contributed by atoms with Gasteiger partial charge >= 0.3 is 6.03 Å². The van der Waals surface area contributed by atoms with Gasteiger partial charge in [0.2, 0.25) is 0 Å². The highest BCUT2D eigenvalue weighted by Crippen LogP contribution is 2.35. The quantitative estimate of drug-likeness (QED) is 0.726. The second-order valence-electron chi connectivity index (χ2n) is 6.77. The number of amides is 2. The predicted molar refractivity (Wildman–Crippen MR) is 110 cm³/mol. The van der Waals surface area contributed by atoms with Gasteiger partial charge in [0.25, 0.3) is 0 Å². The van der Waals surface area contributed by atoms with Gasteiger partial charge in [0, 0.05) is 57.5 Å². The maximum absolute atomic E-state index is 13.2. The van der Waals surface area contributed by atoms with Gasteiger partial charge in [-0.05, 0) is 30.3 Å². The zero-order chi connectivity index (χ0) is 19.0. The van der Waals surface area contributed by atoms with Crippen LogP contribution in [0.2, 0.25) is 10.0 Å². The van der Waals surface area contributed by atoms with Crippen molar-refractivity contribution in [1.82, 2.24) is 9.88 Å². The minimum Gasteiger partial charge on any atom is -0.371 e. The number of carbonyl (C=O) groups is 1. The van der Waals surface area contributed by atoms with Crippen LogP contribution in [0.25, 0.3) is 0 Å². The van der Waals surface area contributed by atoms with Gasteiger partial charge in [-0.15, -0.1) is 0 Å². The van der Waals surface area contributed by atoms with E-state index in [0.717, 1.165) is 23.7 Å². The first-order valence-electron chi connectivity index (χ1n) is 8.97. The van der Waals surface area contributed by atoms with Crippen molar-refractivity contribution >= 4 is 46.4 Å². The molecule has 0 atom stereocenters. The van der Waals surface area contributed by atoms with Gasteiger partial charge in [-0.25, -0.2) is 9.78 Å². The molecule has 8 heteroatoms. The van der Waals surface area contributed by atoms with Crippen LogP contribution in [0.15, 0.2) is 36.5 Å². The molecule has 1 aromatic heterocycles. The number of carbonyl (C=O) groups excluding carboxylic acids is 1. The van der Waals surface area contributed by atoms with E-state index in [-0.39, 0.29) is 6.03 Å². The normalized spacial score (nSPS) is 17.1. The van der Waals surface area contributed by atoms with Crippen LogP contribution in [0, 0.1) is 0 Å². The molecular formula is C19H21Cl2N5O. The lowest BCUT2D eigenvalue weighted by molar-refractivity contribution is 0.201. The van der Waals surface area contributed by atoms with Crippen LogP contribution in [0.4, 0.5) is 22.0 Å². The largest absolute Gasteiger partial charge is 0.371 e. The Balaban J connectivity index is 1.48. The Hall–Kier alpha value is -2.18. The molecule has 27 heavy (non-hydrogen) atoms. The van der Waals surface area contributed by atoms with E-state index < -0.39 is 0 Å². The second-order valence-corrected chi connectivity index (χ2v) is 7.62. The number of hydrogen-bond acceptors (Lipinski definition) is 4. The SMILES string of the molecule is CN1CCN(C(=O)N2CCN(c3ncccc3Cl)CC2)c2ccc(Cl)cc21. The van der Waals surface area contributed by atoms with Crippen molar-refractivity contribution in [1.29, 1.82) is 0 Å². The number of nitrogens with zero attached hydrogens (tertiary/aromatic N) is 5. The zero-order valence-electron chi connectivity index (χ0n) is 15.1. The van der Waals surface area contributed by atoms with Crippen LogP contribution in [0.5, 0.6) is 0 Å². The van der Waals surface area contributed by atoms with Gasteiger partial charge in [0.15, 0.2) is 0 Å². The molecule has 0 unspecified atom stereocenters. The number of fused-ring (bicyclic) bond motifs is 1. The van der Waals surface area contributed by atoms with Crippen molar-refractivity contribution < 1.29 is 4.79 Å². The molecule has 0 spiro atoms. The number of likely N-dealkylation sites (N-methyl/N-ethyl adjacent to an activating group) is 1. The summed E-state index contributed by atoms with van der Waals surface area (Å²) in [6.45, 7) is 4.15. The van der Waals surface area contributed by atoms with Crippen molar-refractivity contribution in [2.45, 2.75) is 0 Å². The molecule has 3 heterocycles. The first kappa shape index (κ1) is 18.2. The summed E-state index contributed by atoms with van der Waals surface area (Å²) >= 11 is 12.4. The van der Waals surface area contributed by atoms with Crippen LogP contribution >= 0.6 is 23.2 Å². The number of aromatic nitrogens is 1. The maximum Gasteiger partial charge on any atom is 0.324 e. The number of benzene rings is 1. The molecule has 0 aliphatic carbocycles. The molecule has 0 N–H and O–H groups in total. The smallest absolute Gasteiger partial charge is 0.324 e. The highest BCUT2D eigenvalue weighted by molar-refractivity contribution is 6.33. The van der Waals surface area contributed by atoms with E-state index in [1.807, 2.05) is 47.2 Å². The lowest BCUT2D eigenvalue weighted by Gasteiger charge is -2.41. The van der Waals surface area contributed by atoms with Gasteiger partial charge < -0.3 is 14.7 Å². The molecule has 0 saturated carbocycles. The van der Waals surface area contributed by atoms with Crippen molar-refractivity contribution in [3.8, 4) is 0 Å². The fourth-order valence-corrected chi connectivity index (χ4v) is 4.02. The summed E-state index contributed by atoms with van der Waals surface area (Å²) in [5.74, 6) is 0.783. The van der Waals surface area contributed by atoms with E-state index in [2.05, 4.69) is 14.8 Å². The fraction of sp³-hybridized carbons (Fsp3) is 0.368. The summed E-state index contributed by atoms with van der Waals surface area (Å²) < 4.78 is 0. The average molecular weight is 406 g/mol. The molecule has 4 rings (SSSR count). The summed E-state index contributed by atoms with van der Waals surface area (Å²) in [6.07, 6.45) is 1.74. The first-order valence-corrected chi connectivity index (χ1v) is 9.73. The van der Waals surface area contributed by atoms with Gasteiger partial charge in [-0.3, -0.25) is 4.90 Å². The molecule has 1 aromatic carbocycles. The van der Waals surface area contributed by atoms with E-state index in [1.165, 1.54) is 0 Å². The Morgan fingerprint density at radius 2 is 1.78 bits per heavy atom. The van der Waals surface area contributed by atoms with Crippen LogP contribution in [0.1, 0.15) is 0 Å². The molecule has 2 aliphatic rings. The number of hydrogen-bond donors (Lipinski definition) is 0. The molecule has 0 bridgehead atoms. The molecule has 6 nitrogen and oxygen atoms in total. The standard InChI is InChI=1S/C19H21Cl2N5O/c1-23-7-12-26(16-5-4-14(20)13-17(16)23)19(27)25-10-8-24(9-11-25)18-15(21)3-2-6-22-18/h2-6,13H,7-12H2,1H3. The summed E-state index contributed by atoms with van der Waals surface area (Å²) in [5.41, 5.74) is 1.90. The molecule has 1 saturated heterocycles. The monoisotopic (exact) mass is 405 g/mol. The lowest BCUT2D eigenvalue weighted by atomic mass is 10.2. The van der Waals surface area contributed by atoms with Crippen LogP contribution < -0.4 is 14.7 Å². The third kappa shape index (κ3) is 3.51. The highest BCUT2D eigenvalue weighted by Gasteiger charge is 2.31. The number of anilines is 3. The number of piperazine rings is 1. The van der Waals surface area contributed by atoms with E-state index >= 15 is 0 Å². The van der Waals surface area contributed by atoms with Gasteiger partial charge in [-0.2, -0.15) is 0 Å². The number of halogens is 2. The van der Waals surface area contributed by atoms with Crippen molar-refractivity contribution in [2.24, 2.45) is 0 Å². The van der Waals surface area contributed by atoms with Gasteiger partial charge in [0.1, 0.15) is 5.82 Å². The number of urea groups is 1. The molecule has 142 valence electrons. The third-order valence-corrected chi connectivity index (χ3v) is 5.65. The Morgan fingerprint density at radius 3 is 2.52 bits per heavy atom. The van der Waals surface area contributed by atoms with Gasteiger partial charge in [-0.1, -0.05) is 23.2 Å². The Bertz CT molecular complexity index is 854. The first-order chi connectivity index (χ1) is 13.0. The molecule has 2 aromatic rings. The molecule has 2 aliphatic heterocycles. The summed E-state index contributed by atoms with van der Waals surface area (Å²) in [6, 6.07) is 9.38. The minimum atomic E-state index is 0.0402. The van der Waals surface area contributed by atoms with Crippen LogP contribution in [0.3, 0.4) is 0 Å². The minimum absolute atomic E-state index is 0.0402. The molecule has 1 fully saturated rings. The molecule has 2 amide bonds. The second kappa shape index (κ2) is 7.44. The zero-order valence-corrected chi connectivity index (χ0v) is 16.6. The van der Waals surface area contributed by atoms with Crippen LogP contribution in [-0.4, -0.2) is 62.2 Å². The Kier molecular flexibility index (Phi) is 5.02. The fourth-order valence-electron chi connectivity index (χ4n) is 3.61. The van der Waals surface area contributed by atoms with E-state index in [4.69, 9.17) is 23.2 Å². The predicted octanol–water partition coefficient (Wildman–Crippen LogP) is 3.59. The average Bonchev–Trinajstić information content (AvgIpc) is 2.69. The van der Waals surface area contributed by atoms with Crippen molar-refractivity contribution in [3.05, 3.63) is 46.6 Å². The van der Waals surface area contributed by atoms with Gasteiger partial charge in [0.05, 0.1) is 16.4 Å². The van der Waals surface area contributed by atoms with Crippen molar-refractivity contribution in [2.75, 3.05) is 61.0 Å². The van der Waals surface area contributed by atoms with E-state index in [0.29, 0.717) is 42.8 Å². The summed E-state index contributed by atoms with van der Waals surface area (Å²) in [7, 11) is 2.02.